The Hall–Kier alpha value is -3.46. The molecular formula is C27H26Cl2N6O2. The van der Waals surface area contributed by atoms with Gasteiger partial charge >= 0.3 is 0 Å². The zero-order valence-electron chi connectivity index (χ0n) is 20.0. The largest absolute Gasteiger partial charge is 0.342 e. The topological polar surface area (TPSA) is 117 Å². The number of carbonyl (C=O) groups is 2. The second-order valence-electron chi connectivity index (χ2n) is 9.09. The molecule has 1 aliphatic heterocycles. The minimum atomic E-state index is -0.462. The highest BCUT2D eigenvalue weighted by molar-refractivity contribution is 6.34. The Morgan fingerprint density at radius 2 is 1.95 bits per heavy atom. The molecule has 0 saturated carbocycles. The van der Waals surface area contributed by atoms with E-state index in [9.17, 15) is 9.59 Å². The van der Waals surface area contributed by atoms with Crippen LogP contribution in [0.2, 0.25) is 10.0 Å². The summed E-state index contributed by atoms with van der Waals surface area (Å²) in [6.45, 7) is 1.06. The van der Waals surface area contributed by atoms with E-state index in [4.69, 9.17) is 28.9 Å². The summed E-state index contributed by atoms with van der Waals surface area (Å²) in [6, 6.07) is 13.5. The van der Waals surface area contributed by atoms with Gasteiger partial charge in [0.2, 0.25) is 0 Å². The van der Waals surface area contributed by atoms with E-state index >= 15 is 0 Å². The summed E-state index contributed by atoms with van der Waals surface area (Å²) in [5, 5.41) is 3.87. The number of carbonyl (C=O) groups excluding carboxylic acids is 2. The van der Waals surface area contributed by atoms with Crippen LogP contribution in [-0.4, -0.2) is 50.8 Å². The summed E-state index contributed by atoms with van der Waals surface area (Å²) < 4.78 is 0. The van der Waals surface area contributed by atoms with Crippen molar-refractivity contribution in [2.24, 2.45) is 5.73 Å². The van der Waals surface area contributed by atoms with Crippen LogP contribution in [0.25, 0.3) is 11.0 Å². The Labute approximate surface area is 224 Å². The number of fused-ring (bicyclic) bond motifs is 1. The maximum Gasteiger partial charge on any atom is 0.255 e. The molecular weight excluding hydrogens is 511 g/mol. The highest BCUT2D eigenvalue weighted by atomic mass is 35.5. The highest BCUT2D eigenvalue weighted by Crippen LogP contribution is 2.26. The monoisotopic (exact) mass is 536 g/mol. The molecule has 2 atom stereocenters. The third-order valence-electron chi connectivity index (χ3n) is 6.66. The molecule has 2 aromatic carbocycles. The summed E-state index contributed by atoms with van der Waals surface area (Å²) >= 11 is 12.6. The van der Waals surface area contributed by atoms with E-state index in [1.54, 1.807) is 41.6 Å². The van der Waals surface area contributed by atoms with Crippen molar-refractivity contribution in [1.29, 1.82) is 0 Å². The van der Waals surface area contributed by atoms with E-state index in [2.05, 4.69) is 20.3 Å². The minimum absolute atomic E-state index is 0.0131. The summed E-state index contributed by atoms with van der Waals surface area (Å²) in [7, 11) is 0. The number of nitrogens with one attached hydrogen (secondary N) is 2. The van der Waals surface area contributed by atoms with Crippen LogP contribution in [0, 0.1) is 0 Å². The number of aromatic amines is 1. The third-order valence-corrected chi connectivity index (χ3v) is 7.21. The molecule has 4 N–H and O–H groups in total. The van der Waals surface area contributed by atoms with Gasteiger partial charge in [0.05, 0.1) is 27.7 Å². The lowest BCUT2D eigenvalue weighted by molar-refractivity contribution is 0.0740. The molecule has 190 valence electrons. The second-order valence-corrected chi connectivity index (χ2v) is 9.94. The second kappa shape index (κ2) is 10.9. The van der Waals surface area contributed by atoms with Crippen LogP contribution in [0.15, 0.2) is 60.9 Å². The highest BCUT2D eigenvalue weighted by Gasteiger charge is 2.30. The van der Waals surface area contributed by atoms with Crippen LogP contribution in [-0.2, 0) is 6.42 Å². The van der Waals surface area contributed by atoms with Crippen LogP contribution in [0.5, 0.6) is 0 Å². The zero-order chi connectivity index (χ0) is 25.9. The third kappa shape index (κ3) is 5.46. The first-order chi connectivity index (χ1) is 17.9. The summed E-state index contributed by atoms with van der Waals surface area (Å²) in [5.41, 5.74) is 9.04. The van der Waals surface area contributed by atoms with E-state index < -0.39 is 6.04 Å². The van der Waals surface area contributed by atoms with E-state index in [0.717, 1.165) is 23.9 Å². The molecule has 0 radical (unpaired) electrons. The summed E-state index contributed by atoms with van der Waals surface area (Å²) in [6.07, 6.45) is 5.70. The Morgan fingerprint density at radius 3 is 2.70 bits per heavy atom. The number of aromatic nitrogens is 3. The van der Waals surface area contributed by atoms with Gasteiger partial charge in [-0.1, -0.05) is 23.2 Å². The van der Waals surface area contributed by atoms with Gasteiger partial charge in [0.25, 0.3) is 11.8 Å². The molecule has 4 aromatic rings. The van der Waals surface area contributed by atoms with Crippen molar-refractivity contribution in [1.82, 2.24) is 25.2 Å². The standard InChI is InChI=1S/C27H26Cl2N6O2/c28-18-4-6-22-23(14-18)33-25(32-22)24(12-16-7-9-31-10-8-16)34-26(36)17-3-5-20(21(29)13-17)27(37)35-11-1-2-19(35)15-30/h3-10,13-14,19,24H,1-2,11-12,15,30H2,(H,32,33)(H,34,36)/t19-,24-/m0/s1. The molecule has 2 aromatic heterocycles. The number of halogens is 2. The van der Waals surface area contributed by atoms with Gasteiger partial charge in [-0.25, -0.2) is 4.98 Å². The molecule has 1 aliphatic rings. The molecule has 0 spiro atoms. The fraction of sp³-hybridized carbons (Fsp3) is 0.259. The van der Waals surface area contributed by atoms with Crippen molar-refractivity contribution in [2.75, 3.05) is 13.1 Å². The van der Waals surface area contributed by atoms with Gasteiger partial charge in [-0.3, -0.25) is 14.6 Å². The smallest absolute Gasteiger partial charge is 0.255 e. The SMILES string of the molecule is NC[C@@H]1CCCN1C(=O)c1ccc(C(=O)N[C@@H](Cc2ccncc2)c2nc3cc(Cl)ccc3[nH]2)cc1Cl. The van der Waals surface area contributed by atoms with E-state index in [-0.39, 0.29) is 22.9 Å². The first-order valence-corrected chi connectivity index (χ1v) is 12.8. The number of imidazole rings is 1. The Morgan fingerprint density at radius 1 is 1.14 bits per heavy atom. The Bertz CT molecular complexity index is 1440. The molecule has 0 bridgehead atoms. The number of amides is 2. The first kappa shape index (κ1) is 25.2. The molecule has 5 rings (SSSR count). The number of benzene rings is 2. The van der Waals surface area contributed by atoms with Crippen molar-refractivity contribution in [3.05, 3.63) is 93.5 Å². The number of pyridine rings is 1. The first-order valence-electron chi connectivity index (χ1n) is 12.1. The molecule has 0 aliphatic carbocycles. The summed E-state index contributed by atoms with van der Waals surface area (Å²) in [5.74, 6) is 0.100. The van der Waals surface area contributed by atoms with Crippen LogP contribution < -0.4 is 11.1 Å². The molecule has 1 fully saturated rings. The lowest BCUT2D eigenvalue weighted by Gasteiger charge is -2.24. The van der Waals surface area contributed by atoms with Gasteiger partial charge in [-0.2, -0.15) is 0 Å². The summed E-state index contributed by atoms with van der Waals surface area (Å²) in [4.78, 5) is 40.2. The van der Waals surface area contributed by atoms with Gasteiger partial charge in [0, 0.05) is 42.1 Å². The lowest BCUT2D eigenvalue weighted by atomic mass is 10.1. The molecule has 3 heterocycles. The number of hydrogen-bond donors (Lipinski definition) is 3. The molecule has 10 heteroatoms. The number of hydrogen-bond acceptors (Lipinski definition) is 5. The van der Waals surface area contributed by atoms with E-state index in [1.807, 2.05) is 18.2 Å². The van der Waals surface area contributed by atoms with Crippen molar-refractivity contribution in [2.45, 2.75) is 31.3 Å². The number of nitrogens with two attached hydrogens (primary N) is 1. The molecule has 1 saturated heterocycles. The Kier molecular flexibility index (Phi) is 7.41. The average Bonchev–Trinajstić information content (AvgIpc) is 3.55. The predicted molar refractivity (Wildman–Crippen MR) is 144 cm³/mol. The van der Waals surface area contributed by atoms with Crippen LogP contribution in [0.3, 0.4) is 0 Å². The van der Waals surface area contributed by atoms with Crippen LogP contribution >= 0.6 is 23.2 Å². The fourth-order valence-corrected chi connectivity index (χ4v) is 5.14. The molecule has 2 amide bonds. The van der Waals surface area contributed by atoms with Crippen LogP contribution in [0.4, 0.5) is 0 Å². The van der Waals surface area contributed by atoms with E-state index in [0.29, 0.717) is 47.0 Å². The van der Waals surface area contributed by atoms with Crippen molar-refractivity contribution >= 4 is 46.0 Å². The number of nitrogens with zero attached hydrogens (tertiary/aromatic N) is 3. The average molecular weight is 537 g/mol. The zero-order valence-corrected chi connectivity index (χ0v) is 21.5. The van der Waals surface area contributed by atoms with Crippen molar-refractivity contribution in [3.8, 4) is 0 Å². The number of H-pyrrole nitrogens is 1. The van der Waals surface area contributed by atoms with Gasteiger partial charge < -0.3 is 20.9 Å². The maximum absolute atomic E-state index is 13.3. The minimum Gasteiger partial charge on any atom is -0.342 e. The quantitative estimate of drug-likeness (QED) is 0.320. The molecule has 8 nitrogen and oxygen atoms in total. The van der Waals surface area contributed by atoms with Crippen LogP contribution in [0.1, 0.15) is 51.0 Å². The van der Waals surface area contributed by atoms with Gasteiger partial charge in [-0.05, 0) is 73.4 Å². The van der Waals surface area contributed by atoms with Gasteiger partial charge in [-0.15, -0.1) is 0 Å². The van der Waals surface area contributed by atoms with Gasteiger partial charge in [0.15, 0.2) is 0 Å². The van der Waals surface area contributed by atoms with Crippen molar-refractivity contribution in [3.63, 3.8) is 0 Å². The van der Waals surface area contributed by atoms with E-state index in [1.165, 1.54) is 6.07 Å². The molecule has 37 heavy (non-hydrogen) atoms. The van der Waals surface area contributed by atoms with Gasteiger partial charge in [0.1, 0.15) is 5.82 Å². The number of likely N-dealkylation sites (tertiary alicyclic amines) is 1. The Balaban J connectivity index is 1.39. The number of rotatable bonds is 7. The fourth-order valence-electron chi connectivity index (χ4n) is 4.71. The predicted octanol–water partition coefficient (Wildman–Crippen LogP) is 4.54. The molecule has 0 unspecified atom stereocenters. The van der Waals surface area contributed by atoms with Crippen molar-refractivity contribution < 1.29 is 9.59 Å². The lowest BCUT2D eigenvalue weighted by Crippen LogP contribution is -2.40. The normalized spacial score (nSPS) is 16.2. The maximum atomic E-state index is 13.3.